The summed E-state index contributed by atoms with van der Waals surface area (Å²) in [5.41, 5.74) is 0. The molecule has 3 nitrogen and oxygen atoms in total. The van der Waals surface area contributed by atoms with E-state index in [4.69, 9.17) is 4.74 Å². The molecule has 1 fully saturated rings. The van der Waals surface area contributed by atoms with Gasteiger partial charge in [0.1, 0.15) is 0 Å². The second kappa shape index (κ2) is 7.21. The minimum atomic E-state index is 0.847. The van der Waals surface area contributed by atoms with Crippen LogP contribution in [0.15, 0.2) is 0 Å². The molecular weight excluding hydrogens is 176 g/mol. The minimum absolute atomic E-state index is 0.847. The van der Waals surface area contributed by atoms with Gasteiger partial charge in [-0.2, -0.15) is 0 Å². The van der Waals surface area contributed by atoms with Gasteiger partial charge >= 0.3 is 0 Å². The number of hydrogen-bond donors (Lipinski definition) is 0. The fourth-order valence-electron chi connectivity index (χ4n) is 1.93. The number of nitrogens with zero attached hydrogens (tertiary/aromatic N) is 2. The first kappa shape index (κ1) is 12.0. The molecule has 0 aromatic heterocycles. The van der Waals surface area contributed by atoms with E-state index in [-0.39, 0.29) is 0 Å². The predicted octanol–water partition coefficient (Wildman–Crippen LogP) is 1.05. The molecule has 14 heavy (non-hydrogen) atoms. The van der Waals surface area contributed by atoms with E-state index in [1.807, 2.05) is 0 Å². The first-order chi connectivity index (χ1) is 6.83. The van der Waals surface area contributed by atoms with Crippen molar-refractivity contribution in [2.24, 2.45) is 0 Å². The van der Waals surface area contributed by atoms with Crippen LogP contribution in [0.4, 0.5) is 0 Å². The second-order valence-electron chi connectivity index (χ2n) is 4.20. The lowest BCUT2D eigenvalue weighted by Gasteiger charge is -2.19. The van der Waals surface area contributed by atoms with Crippen LogP contribution in [-0.4, -0.2) is 63.3 Å². The van der Waals surface area contributed by atoms with Crippen LogP contribution in [0.2, 0.25) is 0 Å². The molecule has 3 heteroatoms. The average Bonchev–Trinajstić information content (AvgIpc) is 2.67. The molecule has 0 amide bonds. The van der Waals surface area contributed by atoms with Crippen LogP contribution in [0.3, 0.4) is 0 Å². The molecule has 0 radical (unpaired) electrons. The first-order valence-electron chi connectivity index (χ1n) is 5.73. The van der Waals surface area contributed by atoms with E-state index in [2.05, 4.69) is 16.8 Å². The zero-order chi connectivity index (χ0) is 10.2. The highest BCUT2D eigenvalue weighted by Gasteiger charge is 2.10. The van der Waals surface area contributed by atoms with Crippen LogP contribution in [-0.2, 0) is 4.74 Å². The molecule has 1 heterocycles. The van der Waals surface area contributed by atoms with Gasteiger partial charge in [0.05, 0.1) is 6.61 Å². The Hall–Kier alpha value is -0.120. The van der Waals surface area contributed by atoms with E-state index in [9.17, 15) is 0 Å². The van der Waals surface area contributed by atoms with Crippen molar-refractivity contribution in [3.05, 3.63) is 0 Å². The summed E-state index contributed by atoms with van der Waals surface area (Å²) in [7, 11) is 3.93. The molecule has 1 rings (SSSR count). The number of likely N-dealkylation sites (N-methyl/N-ethyl adjacent to an activating group) is 1. The molecule has 1 aliphatic rings. The number of methoxy groups -OCH3 is 1. The Labute approximate surface area is 88.0 Å². The normalized spacial score (nSPS) is 18.2. The highest BCUT2D eigenvalue weighted by atomic mass is 16.5. The van der Waals surface area contributed by atoms with Crippen molar-refractivity contribution in [1.82, 2.24) is 9.80 Å². The van der Waals surface area contributed by atoms with Crippen LogP contribution in [0.5, 0.6) is 0 Å². The van der Waals surface area contributed by atoms with Gasteiger partial charge in [-0.05, 0) is 52.5 Å². The van der Waals surface area contributed by atoms with E-state index in [1.54, 1.807) is 7.11 Å². The third-order valence-electron chi connectivity index (χ3n) is 2.89. The number of ether oxygens (including phenoxy) is 1. The van der Waals surface area contributed by atoms with Gasteiger partial charge in [-0.15, -0.1) is 0 Å². The summed E-state index contributed by atoms with van der Waals surface area (Å²) in [4.78, 5) is 4.92. The molecule has 0 aromatic carbocycles. The smallest absolute Gasteiger partial charge is 0.0589 e. The molecule has 1 aliphatic heterocycles. The van der Waals surface area contributed by atoms with Crippen molar-refractivity contribution < 1.29 is 4.74 Å². The Bertz CT molecular complexity index is 135. The molecule has 1 saturated heterocycles. The molecule has 0 bridgehead atoms. The largest absolute Gasteiger partial charge is 0.383 e. The van der Waals surface area contributed by atoms with E-state index in [1.165, 1.54) is 45.4 Å². The van der Waals surface area contributed by atoms with Crippen LogP contribution < -0.4 is 0 Å². The van der Waals surface area contributed by atoms with Gasteiger partial charge in [0.25, 0.3) is 0 Å². The van der Waals surface area contributed by atoms with Gasteiger partial charge in [0.15, 0.2) is 0 Å². The number of hydrogen-bond acceptors (Lipinski definition) is 3. The van der Waals surface area contributed by atoms with Gasteiger partial charge in [0.2, 0.25) is 0 Å². The lowest BCUT2D eigenvalue weighted by molar-refractivity contribution is 0.158. The van der Waals surface area contributed by atoms with E-state index < -0.39 is 0 Å². The fourth-order valence-corrected chi connectivity index (χ4v) is 1.93. The summed E-state index contributed by atoms with van der Waals surface area (Å²) >= 11 is 0. The summed E-state index contributed by atoms with van der Waals surface area (Å²) in [6.45, 7) is 7.01. The molecular formula is C11H24N2O. The molecule has 0 aromatic rings. The molecule has 0 N–H and O–H groups in total. The van der Waals surface area contributed by atoms with Gasteiger partial charge in [0, 0.05) is 13.7 Å². The van der Waals surface area contributed by atoms with Gasteiger partial charge in [-0.25, -0.2) is 0 Å². The van der Waals surface area contributed by atoms with E-state index in [0.717, 1.165) is 13.2 Å². The standard InChI is InChI=1S/C11H24N2O/c1-12(10-11-14-2)6-5-9-13-7-3-4-8-13/h3-11H2,1-2H3. The second-order valence-corrected chi connectivity index (χ2v) is 4.20. The number of likely N-dealkylation sites (tertiary alicyclic amines) is 1. The van der Waals surface area contributed by atoms with Crippen LogP contribution >= 0.6 is 0 Å². The van der Waals surface area contributed by atoms with Crippen molar-refractivity contribution >= 4 is 0 Å². The molecule has 0 unspecified atom stereocenters. The molecule has 84 valence electrons. The average molecular weight is 200 g/mol. The van der Waals surface area contributed by atoms with Gasteiger partial charge in [-0.3, -0.25) is 0 Å². The summed E-state index contributed by atoms with van der Waals surface area (Å²) in [5.74, 6) is 0. The maximum Gasteiger partial charge on any atom is 0.0589 e. The summed E-state index contributed by atoms with van der Waals surface area (Å²) in [5, 5.41) is 0. The van der Waals surface area contributed by atoms with Crippen molar-refractivity contribution in [2.45, 2.75) is 19.3 Å². The third kappa shape index (κ3) is 4.94. The quantitative estimate of drug-likeness (QED) is 0.611. The van der Waals surface area contributed by atoms with Gasteiger partial charge in [-0.1, -0.05) is 0 Å². The number of rotatable bonds is 7. The van der Waals surface area contributed by atoms with Crippen molar-refractivity contribution in [3.8, 4) is 0 Å². The lowest BCUT2D eigenvalue weighted by atomic mass is 10.3. The van der Waals surface area contributed by atoms with Crippen molar-refractivity contribution in [1.29, 1.82) is 0 Å². The minimum Gasteiger partial charge on any atom is -0.383 e. The molecule has 0 aliphatic carbocycles. The van der Waals surface area contributed by atoms with Crippen LogP contribution in [0.1, 0.15) is 19.3 Å². The fraction of sp³-hybridized carbons (Fsp3) is 1.00. The Morgan fingerprint density at radius 2 is 1.93 bits per heavy atom. The monoisotopic (exact) mass is 200 g/mol. The Morgan fingerprint density at radius 3 is 2.57 bits per heavy atom. The van der Waals surface area contributed by atoms with Crippen LogP contribution in [0.25, 0.3) is 0 Å². The Morgan fingerprint density at radius 1 is 1.21 bits per heavy atom. The maximum atomic E-state index is 5.04. The Balaban J connectivity index is 1.91. The molecule has 0 saturated carbocycles. The highest BCUT2D eigenvalue weighted by molar-refractivity contribution is 4.66. The van der Waals surface area contributed by atoms with E-state index >= 15 is 0 Å². The zero-order valence-electron chi connectivity index (χ0n) is 9.67. The highest BCUT2D eigenvalue weighted by Crippen LogP contribution is 2.07. The maximum absolute atomic E-state index is 5.04. The lowest BCUT2D eigenvalue weighted by Crippen LogP contribution is -2.28. The Kier molecular flexibility index (Phi) is 6.15. The van der Waals surface area contributed by atoms with Gasteiger partial charge < -0.3 is 14.5 Å². The SMILES string of the molecule is COCCN(C)CCCN1CCCC1. The van der Waals surface area contributed by atoms with Crippen molar-refractivity contribution in [2.75, 3.05) is 53.5 Å². The van der Waals surface area contributed by atoms with Crippen LogP contribution in [0, 0.1) is 0 Å². The summed E-state index contributed by atoms with van der Waals surface area (Å²) in [6.07, 6.45) is 4.10. The third-order valence-corrected chi connectivity index (χ3v) is 2.89. The predicted molar refractivity (Wildman–Crippen MR) is 59.7 cm³/mol. The van der Waals surface area contributed by atoms with Crippen molar-refractivity contribution in [3.63, 3.8) is 0 Å². The van der Waals surface area contributed by atoms with E-state index in [0.29, 0.717) is 0 Å². The molecule has 0 spiro atoms. The molecule has 0 atom stereocenters. The zero-order valence-corrected chi connectivity index (χ0v) is 9.67. The summed E-state index contributed by atoms with van der Waals surface area (Å²) < 4.78 is 5.04. The first-order valence-corrected chi connectivity index (χ1v) is 5.73. The summed E-state index contributed by atoms with van der Waals surface area (Å²) in [6, 6.07) is 0. The topological polar surface area (TPSA) is 15.7 Å².